The fourth-order valence-corrected chi connectivity index (χ4v) is 4.85. The number of amides is 1. The Morgan fingerprint density at radius 2 is 1.97 bits per heavy atom. The maximum absolute atomic E-state index is 12.7. The first-order valence-corrected chi connectivity index (χ1v) is 12.0. The summed E-state index contributed by atoms with van der Waals surface area (Å²) in [7, 11) is -3.73. The average molecular weight is 463 g/mol. The van der Waals surface area contributed by atoms with Crippen molar-refractivity contribution >= 4 is 53.8 Å². The zero-order valence-electron chi connectivity index (χ0n) is 16.4. The summed E-state index contributed by atoms with van der Waals surface area (Å²) in [6.45, 7) is 2.82. The van der Waals surface area contributed by atoms with E-state index in [-0.39, 0.29) is 10.5 Å². The van der Waals surface area contributed by atoms with Gasteiger partial charge >= 0.3 is 0 Å². The molecule has 3 aromatic rings. The zero-order valence-corrected chi connectivity index (χ0v) is 18.0. The Bertz CT molecular complexity index is 1280. The lowest BCUT2D eigenvalue weighted by atomic mass is 10.2. The lowest BCUT2D eigenvalue weighted by Crippen LogP contribution is -2.36. The van der Waals surface area contributed by atoms with Gasteiger partial charge in [0.05, 0.1) is 33.2 Å². The molecular formula is C19H18N4O6S2. The number of nitro groups is 1. The summed E-state index contributed by atoms with van der Waals surface area (Å²) in [5.74, 6) is -0.647. The number of carbonyl (C=O) groups excluding carboxylic acids is 1. The van der Waals surface area contributed by atoms with E-state index >= 15 is 0 Å². The number of nitro benzene ring substituents is 1. The van der Waals surface area contributed by atoms with Gasteiger partial charge in [-0.15, -0.1) is 0 Å². The van der Waals surface area contributed by atoms with E-state index in [1.165, 1.54) is 11.3 Å². The van der Waals surface area contributed by atoms with Crippen LogP contribution < -0.4 is 10.2 Å². The van der Waals surface area contributed by atoms with Gasteiger partial charge < -0.3 is 15.0 Å². The van der Waals surface area contributed by atoms with Crippen molar-refractivity contribution in [3.63, 3.8) is 0 Å². The number of hydrogen-bond acceptors (Lipinski definition) is 9. The molecule has 0 saturated carbocycles. The maximum Gasteiger partial charge on any atom is 0.271 e. The number of aromatic nitrogens is 1. The van der Waals surface area contributed by atoms with Gasteiger partial charge in [0.2, 0.25) is 0 Å². The molecule has 0 radical (unpaired) electrons. The van der Waals surface area contributed by atoms with Gasteiger partial charge in [0, 0.05) is 42.7 Å². The normalized spacial score (nSPS) is 14.5. The van der Waals surface area contributed by atoms with Crippen molar-refractivity contribution < 1.29 is 22.9 Å². The highest BCUT2D eigenvalue weighted by Crippen LogP contribution is 2.31. The Balaban J connectivity index is 1.60. The SMILES string of the molecule is CS(=O)(=O)c1cc(C(=O)Nc2ccc3nc(N4CCOCC4)sc3c2)cc([N+](=O)[O-])c1. The number of fused-ring (bicyclic) bond motifs is 1. The van der Waals surface area contributed by atoms with Gasteiger partial charge in [-0.25, -0.2) is 13.4 Å². The molecule has 2 heterocycles. The summed E-state index contributed by atoms with van der Waals surface area (Å²) in [4.78, 5) is 29.6. The molecule has 0 spiro atoms. The number of non-ortho nitro benzene ring substituents is 1. The van der Waals surface area contributed by atoms with Crippen molar-refractivity contribution in [1.29, 1.82) is 0 Å². The Labute approximate surface area is 181 Å². The molecule has 0 unspecified atom stereocenters. The standard InChI is InChI=1S/C19H18N4O6S2/c1-31(27,28)15-9-12(8-14(11-15)23(25)26)18(24)20-13-2-3-16-17(10-13)30-19(21-16)22-4-6-29-7-5-22/h2-3,8-11H,4-7H2,1H3,(H,20,24). The van der Waals surface area contributed by atoms with Crippen molar-refractivity contribution in [3.8, 4) is 0 Å². The first-order chi connectivity index (χ1) is 14.7. The Morgan fingerprint density at radius 3 is 2.65 bits per heavy atom. The Hall–Kier alpha value is -3.09. The summed E-state index contributed by atoms with van der Waals surface area (Å²) in [6, 6.07) is 8.33. The lowest BCUT2D eigenvalue weighted by Gasteiger charge is -2.25. The topological polar surface area (TPSA) is 132 Å². The molecule has 31 heavy (non-hydrogen) atoms. The van der Waals surface area contributed by atoms with E-state index in [1.807, 2.05) is 0 Å². The molecule has 162 valence electrons. The van der Waals surface area contributed by atoms with Crippen molar-refractivity contribution in [3.05, 3.63) is 52.1 Å². The third-order valence-corrected chi connectivity index (χ3v) is 6.88. The number of carbonyl (C=O) groups is 1. The zero-order chi connectivity index (χ0) is 22.2. The largest absolute Gasteiger partial charge is 0.378 e. The van der Waals surface area contributed by atoms with Crippen LogP contribution in [-0.4, -0.2) is 56.8 Å². The van der Waals surface area contributed by atoms with Crippen LogP contribution in [0.1, 0.15) is 10.4 Å². The van der Waals surface area contributed by atoms with E-state index in [1.54, 1.807) is 18.2 Å². The van der Waals surface area contributed by atoms with Crippen LogP contribution >= 0.6 is 11.3 Å². The minimum Gasteiger partial charge on any atom is -0.378 e. The fourth-order valence-electron chi connectivity index (χ4n) is 3.12. The van der Waals surface area contributed by atoms with Crippen molar-refractivity contribution in [1.82, 2.24) is 4.98 Å². The number of sulfone groups is 1. The van der Waals surface area contributed by atoms with Crippen LogP contribution in [0.25, 0.3) is 10.2 Å². The van der Waals surface area contributed by atoms with E-state index in [0.717, 1.165) is 52.9 Å². The summed E-state index contributed by atoms with van der Waals surface area (Å²) >= 11 is 1.49. The minimum absolute atomic E-state index is 0.118. The number of nitrogens with zero attached hydrogens (tertiary/aromatic N) is 3. The molecule has 2 aromatic carbocycles. The first kappa shape index (κ1) is 21.2. The number of anilines is 2. The minimum atomic E-state index is -3.73. The van der Waals surface area contributed by atoms with Gasteiger partial charge in [-0.2, -0.15) is 0 Å². The van der Waals surface area contributed by atoms with E-state index in [9.17, 15) is 23.3 Å². The second kappa shape index (κ2) is 8.21. The van der Waals surface area contributed by atoms with Gasteiger partial charge in [-0.1, -0.05) is 11.3 Å². The van der Waals surface area contributed by atoms with E-state index < -0.39 is 26.4 Å². The molecule has 1 N–H and O–H groups in total. The summed E-state index contributed by atoms with van der Waals surface area (Å²) in [5, 5.41) is 14.7. The fraction of sp³-hybridized carbons (Fsp3) is 0.263. The smallest absolute Gasteiger partial charge is 0.271 e. The highest BCUT2D eigenvalue weighted by molar-refractivity contribution is 7.90. The molecule has 1 amide bonds. The summed E-state index contributed by atoms with van der Waals surface area (Å²) in [5.41, 5.74) is 0.676. The molecule has 0 atom stereocenters. The van der Waals surface area contributed by atoms with Crippen LogP contribution in [0.3, 0.4) is 0 Å². The number of morpholine rings is 1. The number of hydrogen-bond donors (Lipinski definition) is 1. The van der Waals surface area contributed by atoms with Crippen LogP contribution in [-0.2, 0) is 14.6 Å². The maximum atomic E-state index is 12.7. The number of ether oxygens (including phenoxy) is 1. The van der Waals surface area contributed by atoms with E-state index in [0.29, 0.717) is 18.9 Å². The molecule has 1 aliphatic rings. The summed E-state index contributed by atoms with van der Waals surface area (Å²) < 4.78 is 29.9. The molecule has 1 saturated heterocycles. The molecule has 1 aromatic heterocycles. The van der Waals surface area contributed by atoms with Gasteiger partial charge in [0.1, 0.15) is 0 Å². The predicted molar refractivity (Wildman–Crippen MR) is 117 cm³/mol. The van der Waals surface area contributed by atoms with Crippen LogP contribution in [0.2, 0.25) is 0 Å². The quantitative estimate of drug-likeness (QED) is 0.452. The van der Waals surface area contributed by atoms with Gasteiger partial charge in [-0.3, -0.25) is 14.9 Å². The first-order valence-electron chi connectivity index (χ1n) is 9.25. The van der Waals surface area contributed by atoms with Crippen molar-refractivity contribution in [2.75, 3.05) is 42.8 Å². The third kappa shape index (κ3) is 4.65. The van der Waals surface area contributed by atoms with Crippen molar-refractivity contribution in [2.24, 2.45) is 0 Å². The van der Waals surface area contributed by atoms with Crippen LogP contribution in [0.5, 0.6) is 0 Å². The van der Waals surface area contributed by atoms with Crippen LogP contribution in [0, 0.1) is 10.1 Å². The number of benzene rings is 2. The van der Waals surface area contributed by atoms with Gasteiger partial charge in [0.15, 0.2) is 15.0 Å². The molecule has 1 fully saturated rings. The summed E-state index contributed by atoms with van der Waals surface area (Å²) in [6.07, 6.45) is 0.928. The van der Waals surface area contributed by atoms with Crippen molar-refractivity contribution in [2.45, 2.75) is 4.90 Å². The number of nitrogens with one attached hydrogen (secondary N) is 1. The van der Waals surface area contributed by atoms with Gasteiger partial charge in [-0.05, 0) is 24.3 Å². The highest BCUT2D eigenvalue weighted by Gasteiger charge is 2.20. The van der Waals surface area contributed by atoms with E-state index in [2.05, 4.69) is 15.2 Å². The molecule has 12 heteroatoms. The average Bonchev–Trinajstić information content (AvgIpc) is 3.17. The molecular weight excluding hydrogens is 444 g/mol. The highest BCUT2D eigenvalue weighted by atomic mass is 32.2. The second-order valence-corrected chi connectivity index (χ2v) is 10.0. The Morgan fingerprint density at radius 1 is 1.23 bits per heavy atom. The Kier molecular flexibility index (Phi) is 5.60. The predicted octanol–water partition coefficient (Wildman–Crippen LogP) is 2.70. The third-order valence-electron chi connectivity index (χ3n) is 4.71. The molecule has 0 aliphatic carbocycles. The number of rotatable bonds is 5. The van der Waals surface area contributed by atoms with E-state index in [4.69, 9.17) is 4.74 Å². The van der Waals surface area contributed by atoms with Crippen LogP contribution in [0.15, 0.2) is 41.3 Å². The number of thiazole rings is 1. The molecule has 0 bridgehead atoms. The molecule has 4 rings (SSSR count). The molecule has 10 nitrogen and oxygen atoms in total. The molecule has 1 aliphatic heterocycles. The van der Waals surface area contributed by atoms with Gasteiger partial charge in [0.25, 0.3) is 11.6 Å². The second-order valence-electron chi connectivity index (χ2n) is 6.98. The monoisotopic (exact) mass is 462 g/mol. The lowest BCUT2D eigenvalue weighted by molar-refractivity contribution is -0.385. The van der Waals surface area contributed by atoms with Crippen LogP contribution in [0.4, 0.5) is 16.5 Å².